The van der Waals surface area contributed by atoms with Crippen LogP contribution in [0.1, 0.15) is 23.2 Å². The van der Waals surface area contributed by atoms with E-state index in [9.17, 15) is 14.0 Å². The van der Waals surface area contributed by atoms with E-state index < -0.39 is 17.2 Å². The first-order valence-electron chi connectivity index (χ1n) is 7.25. The number of benzene rings is 1. The second kappa shape index (κ2) is 5.88. The number of para-hydroxylation sites is 1. The smallest absolute Gasteiger partial charge is 0.256 e. The molecule has 1 aliphatic heterocycles. The van der Waals surface area contributed by atoms with E-state index in [1.165, 1.54) is 29.0 Å². The number of amides is 1. The molecular formula is C16H17FN2O3. The van der Waals surface area contributed by atoms with Crippen molar-refractivity contribution in [3.8, 4) is 0 Å². The largest absolute Gasteiger partial charge is 0.376 e. The highest BCUT2D eigenvalue weighted by Crippen LogP contribution is 2.15. The maximum absolute atomic E-state index is 13.8. The van der Waals surface area contributed by atoms with Crippen LogP contribution in [0.3, 0.4) is 0 Å². The lowest BCUT2D eigenvalue weighted by atomic mass is 10.1. The van der Waals surface area contributed by atoms with Gasteiger partial charge in [0.15, 0.2) is 0 Å². The predicted octanol–water partition coefficient (Wildman–Crippen LogP) is 1.59. The van der Waals surface area contributed by atoms with Crippen molar-refractivity contribution in [2.45, 2.75) is 18.9 Å². The average Bonchev–Trinajstić information content (AvgIpc) is 3.01. The van der Waals surface area contributed by atoms with Gasteiger partial charge in [0.2, 0.25) is 5.43 Å². The van der Waals surface area contributed by atoms with Crippen LogP contribution in [0.25, 0.3) is 10.9 Å². The number of hydrogen-bond donors (Lipinski definition) is 1. The van der Waals surface area contributed by atoms with Crippen LogP contribution in [0, 0.1) is 5.82 Å². The van der Waals surface area contributed by atoms with Gasteiger partial charge in [0.1, 0.15) is 11.4 Å². The molecule has 1 fully saturated rings. The highest BCUT2D eigenvalue weighted by molar-refractivity contribution is 5.97. The normalized spacial score (nSPS) is 17.8. The monoisotopic (exact) mass is 304 g/mol. The second-order valence-electron chi connectivity index (χ2n) is 5.46. The van der Waals surface area contributed by atoms with Crippen molar-refractivity contribution >= 4 is 16.8 Å². The highest BCUT2D eigenvalue weighted by atomic mass is 19.1. The SMILES string of the molecule is Cn1cc(C(=O)NCC2CCCO2)c(=O)c2cccc(F)c21. The van der Waals surface area contributed by atoms with Gasteiger partial charge in [0.05, 0.1) is 11.6 Å². The van der Waals surface area contributed by atoms with Gasteiger partial charge in [-0.15, -0.1) is 0 Å². The minimum atomic E-state index is -0.483. The summed E-state index contributed by atoms with van der Waals surface area (Å²) in [6.07, 6.45) is 3.27. The summed E-state index contributed by atoms with van der Waals surface area (Å²) in [5.74, 6) is -0.939. The summed E-state index contributed by atoms with van der Waals surface area (Å²) in [6.45, 7) is 1.08. The molecule has 0 saturated carbocycles. The van der Waals surface area contributed by atoms with Gasteiger partial charge in [0, 0.05) is 31.8 Å². The fraction of sp³-hybridized carbons (Fsp3) is 0.375. The molecule has 1 aliphatic rings. The van der Waals surface area contributed by atoms with Crippen molar-refractivity contribution in [3.63, 3.8) is 0 Å². The number of carbonyl (C=O) groups excluding carboxylic acids is 1. The topological polar surface area (TPSA) is 60.3 Å². The van der Waals surface area contributed by atoms with Gasteiger partial charge in [0.25, 0.3) is 5.91 Å². The first-order valence-corrected chi connectivity index (χ1v) is 7.25. The van der Waals surface area contributed by atoms with Gasteiger partial charge in [-0.25, -0.2) is 4.39 Å². The molecule has 1 unspecified atom stereocenters. The summed E-state index contributed by atoms with van der Waals surface area (Å²) in [5.41, 5.74) is -0.251. The third-order valence-electron chi connectivity index (χ3n) is 3.91. The van der Waals surface area contributed by atoms with Gasteiger partial charge in [-0.2, -0.15) is 0 Å². The Hall–Kier alpha value is -2.21. The number of nitrogens with one attached hydrogen (secondary N) is 1. The van der Waals surface area contributed by atoms with Crippen LogP contribution in [0.15, 0.2) is 29.2 Å². The van der Waals surface area contributed by atoms with Gasteiger partial charge in [-0.05, 0) is 25.0 Å². The summed E-state index contributed by atoms with van der Waals surface area (Å²) in [4.78, 5) is 24.6. The van der Waals surface area contributed by atoms with E-state index in [1.54, 1.807) is 7.05 Å². The van der Waals surface area contributed by atoms with Crippen molar-refractivity contribution in [1.82, 2.24) is 9.88 Å². The Kier molecular flexibility index (Phi) is 3.94. The molecule has 1 aromatic heterocycles. The molecular weight excluding hydrogens is 287 g/mol. The Morgan fingerprint density at radius 2 is 2.32 bits per heavy atom. The Morgan fingerprint density at radius 1 is 1.50 bits per heavy atom. The molecule has 5 nitrogen and oxygen atoms in total. The number of hydrogen-bond acceptors (Lipinski definition) is 3. The van der Waals surface area contributed by atoms with E-state index in [4.69, 9.17) is 4.74 Å². The third-order valence-corrected chi connectivity index (χ3v) is 3.91. The first-order chi connectivity index (χ1) is 10.6. The van der Waals surface area contributed by atoms with Gasteiger partial charge in [-0.1, -0.05) is 6.07 Å². The van der Waals surface area contributed by atoms with E-state index in [0.717, 1.165) is 12.8 Å². The molecule has 116 valence electrons. The number of ether oxygens (including phenoxy) is 1. The van der Waals surface area contributed by atoms with Crippen molar-refractivity contribution in [2.75, 3.05) is 13.2 Å². The minimum absolute atomic E-state index is 0.00528. The molecule has 22 heavy (non-hydrogen) atoms. The minimum Gasteiger partial charge on any atom is -0.376 e. The lowest BCUT2D eigenvalue weighted by Crippen LogP contribution is -2.35. The quantitative estimate of drug-likeness (QED) is 0.936. The van der Waals surface area contributed by atoms with E-state index >= 15 is 0 Å². The summed E-state index contributed by atoms with van der Waals surface area (Å²) in [5, 5.41) is 2.92. The number of nitrogens with zero attached hydrogens (tertiary/aromatic N) is 1. The number of pyridine rings is 1. The van der Waals surface area contributed by atoms with Gasteiger partial charge < -0.3 is 14.6 Å². The molecule has 0 radical (unpaired) electrons. The van der Waals surface area contributed by atoms with Crippen molar-refractivity contribution < 1.29 is 13.9 Å². The van der Waals surface area contributed by atoms with Crippen LogP contribution in [0.2, 0.25) is 0 Å². The zero-order chi connectivity index (χ0) is 15.7. The van der Waals surface area contributed by atoms with Crippen molar-refractivity contribution in [2.24, 2.45) is 7.05 Å². The number of halogens is 1. The zero-order valence-corrected chi connectivity index (χ0v) is 12.3. The molecule has 1 amide bonds. The maximum Gasteiger partial charge on any atom is 0.256 e. The molecule has 2 aromatic rings. The van der Waals surface area contributed by atoms with Crippen LogP contribution in [0.4, 0.5) is 4.39 Å². The van der Waals surface area contributed by atoms with E-state index in [1.807, 2.05) is 0 Å². The number of rotatable bonds is 3. The Bertz CT molecular complexity index is 779. The number of fused-ring (bicyclic) bond motifs is 1. The molecule has 1 atom stereocenters. The van der Waals surface area contributed by atoms with E-state index in [0.29, 0.717) is 13.2 Å². The summed E-state index contributed by atoms with van der Waals surface area (Å²) < 4.78 is 20.7. The summed E-state index contributed by atoms with van der Waals surface area (Å²) >= 11 is 0. The van der Waals surface area contributed by atoms with Gasteiger partial charge >= 0.3 is 0 Å². The summed E-state index contributed by atoms with van der Waals surface area (Å²) in [7, 11) is 1.61. The lowest BCUT2D eigenvalue weighted by molar-refractivity contribution is 0.0856. The van der Waals surface area contributed by atoms with Crippen LogP contribution in [-0.2, 0) is 11.8 Å². The summed E-state index contributed by atoms with van der Waals surface area (Å²) in [6, 6.07) is 4.28. The van der Waals surface area contributed by atoms with Crippen molar-refractivity contribution in [3.05, 3.63) is 46.0 Å². The fourth-order valence-electron chi connectivity index (χ4n) is 2.79. The maximum atomic E-state index is 13.8. The van der Waals surface area contributed by atoms with E-state index in [2.05, 4.69) is 5.32 Å². The fourth-order valence-corrected chi connectivity index (χ4v) is 2.79. The molecule has 3 rings (SSSR count). The molecule has 1 N–H and O–H groups in total. The molecule has 1 aromatic carbocycles. The molecule has 1 saturated heterocycles. The first kappa shape index (κ1) is 14.7. The molecule has 6 heteroatoms. The van der Waals surface area contributed by atoms with Crippen LogP contribution >= 0.6 is 0 Å². The van der Waals surface area contributed by atoms with E-state index in [-0.39, 0.29) is 22.6 Å². The third kappa shape index (κ3) is 2.62. The molecule has 0 bridgehead atoms. The second-order valence-corrected chi connectivity index (χ2v) is 5.46. The Morgan fingerprint density at radius 3 is 3.05 bits per heavy atom. The number of carbonyl (C=O) groups is 1. The molecule has 2 heterocycles. The van der Waals surface area contributed by atoms with Crippen LogP contribution in [0.5, 0.6) is 0 Å². The molecule has 0 spiro atoms. The lowest BCUT2D eigenvalue weighted by Gasteiger charge is -2.12. The zero-order valence-electron chi connectivity index (χ0n) is 12.3. The highest BCUT2D eigenvalue weighted by Gasteiger charge is 2.19. The molecule has 0 aliphatic carbocycles. The van der Waals surface area contributed by atoms with Gasteiger partial charge in [-0.3, -0.25) is 9.59 Å². The Labute approximate surface area is 126 Å². The number of aromatic nitrogens is 1. The van der Waals surface area contributed by atoms with Crippen LogP contribution in [-0.4, -0.2) is 29.7 Å². The average molecular weight is 304 g/mol. The van der Waals surface area contributed by atoms with Crippen LogP contribution < -0.4 is 10.7 Å². The Balaban J connectivity index is 1.92. The van der Waals surface area contributed by atoms with Crippen molar-refractivity contribution in [1.29, 1.82) is 0 Å². The number of aryl methyl sites for hydroxylation is 1. The predicted molar refractivity (Wildman–Crippen MR) is 80.5 cm³/mol. The standard InChI is InChI=1S/C16H17FN2O3/c1-19-9-12(16(21)18-8-10-4-3-7-22-10)15(20)11-5-2-6-13(17)14(11)19/h2,5-6,9-10H,3-4,7-8H2,1H3,(H,18,21).